The molecule has 0 spiro atoms. The number of hydrogen-bond acceptors (Lipinski definition) is 9. The van der Waals surface area contributed by atoms with Crippen LogP contribution in [-0.2, 0) is 23.8 Å². The molecule has 316 valence electrons. The maximum atomic E-state index is 15.6. The number of nitrogens with zero attached hydrogens (tertiary/aromatic N) is 5. The first-order chi connectivity index (χ1) is 28.9. The summed E-state index contributed by atoms with van der Waals surface area (Å²) in [6.45, 7) is 4.59. The van der Waals surface area contributed by atoms with Crippen LogP contribution in [0.2, 0.25) is 0 Å². The van der Waals surface area contributed by atoms with E-state index >= 15 is 8.78 Å². The topological polar surface area (TPSA) is 106 Å². The van der Waals surface area contributed by atoms with E-state index in [9.17, 15) is 13.8 Å². The van der Waals surface area contributed by atoms with E-state index in [1.165, 1.54) is 17.0 Å². The molecule has 2 atom stereocenters. The Morgan fingerprint density at radius 3 is 2.25 bits per heavy atom. The predicted molar refractivity (Wildman–Crippen MR) is 228 cm³/mol. The molecule has 3 aliphatic rings. The van der Waals surface area contributed by atoms with E-state index in [-0.39, 0.29) is 17.9 Å². The molecule has 60 heavy (non-hydrogen) atoms. The van der Waals surface area contributed by atoms with E-state index < -0.39 is 34.6 Å². The molecular weight excluding hydrogens is 789 g/mol. The molecule has 0 bridgehead atoms. The summed E-state index contributed by atoms with van der Waals surface area (Å²) >= 11 is 0. The molecule has 5 aromatic rings. The Hall–Kier alpha value is -5.34. The molecule has 0 aliphatic carbocycles. The molecule has 3 aliphatic heterocycles. The highest BCUT2D eigenvalue weighted by Gasteiger charge is 2.44. The number of hydrogen-bond donors (Lipinski definition) is 0. The van der Waals surface area contributed by atoms with Gasteiger partial charge >= 0.3 is 0 Å². The van der Waals surface area contributed by atoms with Crippen LogP contribution in [0.5, 0.6) is 23.0 Å². The first-order valence-corrected chi connectivity index (χ1v) is 22.3. The normalized spacial score (nSPS) is 17.9. The van der Waals surface area contributed by atoms with Gasteiger partial charge in [0.1, 0.15) is 11.5 Å². The number of methoxy groups -OCH3 is 1. The van der Waals surface area contributed by atoms with E-state index in [0.29, 0.717) is 71.2 Å². The molecule has 2 fully saturated rings. The second-order valence-electron chi connectivity index (χ2n) is 16.0. The van der Waals surface area contributed by atoms with Crippen LogP contribution in [0, 0.1) is 11.8 Å². The fraction of sp³-hybridized carbons (Fsp3) is 0.413. The van der Waals surface area contributed by atoms with Gasteiger partial charge in [0.2, 0.25) is 0 Å². The highest BCUT2D eigenvalue weighted by molar-refractivity contribution is 7.84. The molecule has 4 aromatic carbocycles. The molecule has 14 heteroatoms. The summed E-state index contributed by atoms with van der Waals surface area (Å²) < 4.78 is 62.8. The van der Waals surface area contributed by atoms with E-state index in [1.54, 1.807) is 60.6 Å². The lowest BCUT2D eigenvalue weighted by molar-refractivity contribution is -0.0467. The maximum absolute atomic E-state index is 15.6. The van der Waals surface area contributed by atoms with Gasteiger partial charge in [-0.05, 0) is 124 Å². The number of aromatic nitrogens is 2. The van der Waals surface area contributed by atoms with Crippen LogP contribution in [0.4, 0.5) is 14.5 Å². The van der Waals surface area contributed by atoms with E-state index in [2.05, 4.69) is 10.00 Å². The van der Waals surface area contributed by atoms with Crippen molar-refractivity contribution in [1.29, 1.82) is 0 Å². The number of carbonyl (C=O) groups is 2. The molecule has 2 unspecified atom stereocenters. The third-order valence-corrected chi connectivity index (χ3v) is 13.1. The monoisotopic (exact) mass is 839 g/mol. The van der Waals surface area contributed by atoms with Gasteiger partial charge in [-0.15, -0.1) is 0 Å². The van der Waals surface area contributed by atoms with Crippen molar-refractivity contribution in [2.24, 2.45) is 18.9 Å². The molecule has 4 heterocycles. The van der Waals surface area contributed by atoms with Crippen molar-refractivity contribution >= 4 is 39.2 Å². The molecule has 0 saturated carbocycles. The van der Waals surface area contributed by atoms with Crippen LogP contribution in [0.3, 0.4) is 0 Å². The molecule has 2 amide bonds. The average molecular weight is 840 g/mol. The van der Waals surface area contributed by atoms with Gasteiger partial charge in [-0.2, -0.15) is 13.9 Å². The zero-order chi connectivity index (χ0) is 42.1. The van der Waals surface area contributed by atoms with Crippen LogP contribution in [0.1, 0.15) is 70.5 Å². The van der Waals surface area contributed by atoms with Crippen molar-refractivity contribution in [3.63, 3.8) is 0 Å². The molecular formula is C46H51F2N5O6S. The molecule has 0 N–H and O–H groups in total. The summed E-state index contributed by atoms with van der Waals surface area (Å²) in [5.41, 5.74) is 2.98. The maximum Gasteiger partial charge on any atom is 0.285 e. The van der Waals surface area contributed by atoms with Crippen molar-refractivity contribution in [1.82, 2.24) is 19.6 Å². The van der Waals surface area contributed by atoms with Gasteiger partial charge in [-0.1, -0.05) is 12.1 Å². The lowest BCUT2D eigenvalue weighted by Crippen LogP contribution is -2.44. The smallest absolute Gasteiger partial charge is 0.285 e. The highest BCUT2D eigenvalue weighted by Crippen LogP contribution is 2.42. The lowest BCUT2D eigenvalue weighted by atomic mass is 9.78. The fourth-order valence-corrected chi connectivity index (χ4v) is 9.99. The summed E-state index contributed by atoms with van der Waals surface area (Å²) in [7, 11) is 2.08. The number of imide groups is 1. The third kappa shape index (κ3) is 8.36. The standard InChI is InChI=1S/C46H51F2N5O6S/c1-5-58-42-25-32(10-16-41(42)57-3)40(28-60(4)56)53-44(54)37-7-6-8-38(43(37)45(53)55)52-23-19-31(20-24-52)30-17-21-51(22-18-30)29-46(47,48)34-11-14-35(15-12-34)59-36-13-9-33-27-49-50(2)39(33)26-36/h6-16,25-27,30-31,40H,5,17-24,28-29H2,1-4H3. The van der Waals surface area contributed by atoms with Gasteiger partial charge in [-0.3, -0.25) is 28.3 Å². The van der Waals surface area contributed by atoms with Gasteiger partial charge in [0.05, 0.1) is 54.8 Å². The number of alkyl halides is 2. The minimum Gasteiger partial charge on any atom is -0.493 e. The van der Waals surface area contributed by atoms with Gasteiger partial charge in [0.15, 0.2) is 11.5 Å². The summed E-state index contributed by atoms with van der Waals surface area (Å²) in [4.78, 5) is 33.7. The van der Waals surface area contributed by atoms with Crippen LogP contribution in [-0.4, -0.2) is 94.1 Å². The number of piperidine rings is 2. The highest BCUT2D eigenvalue weighted by atomic mass is 32.2. The largest absolute Gasteiger partial charge is 0.493 e. The second-order valence-corrected chi connectivity index (χ2v) is 17.5. The van der Waals surface area contributed by atoms with Gasteiger partial charge in [-0.25, -0.2) is 0 Å². The molecule has 2 saturated heterocycles. The summed E-state index contributed by atoms with van der Waals surface area (Å²) in [5, 5.41) is 5.25. The first-order valence-electron chi connectivity index (χ1n) is 20.6. The Balaban J connectivity index is 0.866. The van der Waals surface area contributed by atoms with Crippen LogP contribution in [0.25, 0.3) is 10.9 Å². The molecule has 11 nitrogen and oxygen atoms in total. The number of fused-ring (bicyclic) bond motifs is 2. The minimum atomic E-state index is -3.01. The Morgan fingerprint density at radius 2 is 1.57 bits per heavy atom. The summed E-state index contributed by atoms with van der Waals surface area (Å²) in [6, 6.07) is 21.7. The SMILES string of the molecule is CCOc1cc(C(CS(C)=O)N2C(=O)c3cccc(N4CCC(C5CCN(CC(F)(F)c6ccc(Oc7ccc8cnn(C)c8c7)cc6)CC5)CC4)c3C2=O)ccc1OC. The number of amides is 2. The van der Waals surface area contributed by atoms with Gasteiger partial charge < -0.3 is 19.1 Å². The van der Waals surface area contributed by atoms with Crippen molar-refractivity contribution in [2.75, 3.05) is 63.3 Å². The molecule has 1 aromatic heterocycles. The number of likely N-dealkylation sites (tertiary alicyclic amines) is 1. The van der Waals surface area contributed by atoms with E-state index in [4.69, 9.17) is 14.2 Å². The minimum absolute atomic E-state index is 0.0329. The number of aryl methyl sites for hydroxylation is 1. The molecule has 0 radical (unpaired) electrons. The van der Waals surface area contributed by atoms with Crippen LogP contribution >= 0.6 is 0 Å². The van der Waals surface area contributed by atoms with Crippen LogP contribution < -0.4 is 19.1 Å². The Bertz CT molecular complexity index is 2390. The van der Waals surface area contributed by atoms with Crippen molar-refractivity contribution in [3.05, 3.63) is 107 Å². The number of benzene rings is 4. The quantitative estimate of drug-likeness (QED) is 0.102. The lowest BCUT2D eigenvalue weighted by Gasteiger charge is -2.41. The van der Waals surface area contributed by atoms with Crippen molar-refractivity contribution < 1.29 is 36.8 Å². The number of halogens is 2. The average Bonchev–Trinajstić information content (AvgIpc) is 3.74. The Kier molecular flexibility index (Phi) is 12.0. The van der Waals surface area contributed by atoms with E-state index in [1.807, 2.05) is 49.2 Å². The zero-order valence-electron chi connectivity index (χ0n) is 34.4. The third-order valence-electron chi connectivity index (χ3n) is 12.3. The number of carbonyl (C=O) groups excluding carboxylic acids is 2. The zero-order valence-corrected chi connectivity index (χ0v) is 35.3. The van der Waals surface area contributed by atoms with Crippen molar-refractivity contribution in [3.8, 4) is 23.0 Å². The second kappa shape index (κ2) is 17.3. The van der Waals surface area contributed by atoms with Gasteiger partial charge in [0.25, 0.3) is 17.7 Å². The molecule has 8 rings (SSSR count). The fourth-order valence-electron chi connectivity index (χ4n) is 9.20. The first kappa shape index (κ1) is 41.4. The predicted octanol–water partition coefficient (Wildman–Crippen LogP) is 8.21. The Labute approximate surface area is 351 Å². The van der Waals surface area contributed by atoms with E-state index in [0.717, 1.165) is 55.4 Å². The number of rotatable bonds is 14. The van der Waals surface area contributed by atoms with Gasteiger partial charge in [0, 0.05) is 60.0 Å². The van der Waals surface area contributed by atoms with Crippen LogP contribution in [0.15, 0.2) is 85.1 Å². The number of ether oxygens (including phenoxy) is 3. The Morgan fingerprint density at radius 1 is 0.867 bits per heavy atom. The summed E-state index contributed by atoms with van der Waals surface area (Å²) in [6.07, 6.45) is 6.87. The number of anilines is 1. The van der Waals surface area contributed by atoms with Crippen molar-refractivity contribution in [2.45, 2.75) is 44.6 Å². The summed E-state index contributed by atoms with van der Waals surface area (Å²) in [5.74, 6) is -0.754.